The van der Waals surface area contributed by atoms with E-state index >= 15 is 0 Å². The summed E-state index contributed by atoms with van der Waals surface area (Å²) in [5.74, 6) is 0.353. The lowest BCUT2D eigenvalue weighted by atomic mass is 10.1. The predicted octanol–water partition coefficient (Wildman–Crippen LogP) is 4.14. The van der Waals surface area contributed by atoms with Crippen molar-refractivity contribution in [1.29, 1.82) is 0 Å². The van der Waals surface area contributed by atoms with Crippen LogP contribution in [0.2, 0.25) is 0 Å². The molecule has 2 rings (SSSR count). The van der Waals surface area contributed by atoms with Crippen LogP contribution in [0.4, 0.5) is 10.8 Å². The van der Waals surface area contributed by atoms with Crippen molar-refractivity contribution in [3.05, 3.63) is 55.1 Å². The fourth-order valence-electron chi connectivity index (χ4n) is 2.07. The van der Waals surface area contributed by atoms with E-state index in [1.807, 2.05) is 12.1 Å². The van der Waals surface area contributed by atoms with Crippen molar-refractivity contribution in [2.45, 2.75) is 17.7 Å². The van der Waals surface area contributed by atoms with Crippen LogP contribution < -0.4 is 5.32 Å². The molecule has 0 saturated carbocycles. The van der Waals surface area contributed by atoms with Crippen molar-refractivity contribution in [2.75, 3.05) is 24.2 Å². The van der Waals surface area contributed by atoms with Gasteiger partial charge in [-0.15, -0.1) is 23.4 Å². The first kappa shape index (κ1) is 19.2. The number of benzene rings is 1. The summed E-state index contributed by atoms with van der Waals surface area (Å²) in [5.41, 5.74) is 2.27. The summed E-state index contributed by atoms with van der Waals surface area (Å²) in [6.45, 7) is 10.5. The molecular weight excluding hydrogens is 352 g/mol. The molecule has 0 aliphatic rings. The Kier molecular flexibility index (Phi) is 7.69. The summed E-state index contributed by atoms with van der Waals surface area (Å²) < 4.78 is 0.762. The number of hydrogen-bond donors (Lipinski definition) is 1. The average molecular weight is 375 g/mol. The lowest BCUT2D eigenvalue weighted by molar-refractivity contribution is -0.127. The fourth-order valence-corrected chi connectivity index (χ4v) is 3.75. The molecule has 1 N–H and O–H groups in total. The molecule has 1 amide bonds. The van der Waals surface area contributed by atoms with Gasteiger partial charge in [-0.2, -0.15) is 0 Å². The molecule has 2 aromatic rings. The Morgan fingerprint density at radius 2 is 1.92 bits per heavy atom. The van der Waals surface area contributed by atoms with Crippen LogP contribution in [0.25, 0.3) is 0 Å². The van der Waals surface area contributed by atoms with Crippen LogP contribution in [0.3, 0.4) is 0 Å². The molecule has 25 heavy (non-hydrogen) atoms. The van der Waals surface area contributed by atoms with E-state index in [0.717, 1.165) is 16.4 Å². The number of nitrogens with zero attached hydrogens (tertiary/aromatic N) is 3. The molecule has 1 aromatic heterocycles. The molecule has 0 spiro atoms. The minimum atomic E-state index is 0.0321. The fraction of sp³-hybridized carbons (Fsp3) is 0.278. The van der Waals surface area contributed by atoms with Crippen LogP contribution >= 0.6 is 23.1 Å². The van der Waals surface area contributed by atoms with Crippen LogP contribution in [-0.2, 0) is 11.2 Å². The van der Waals surface area contributed by atoms with E-state index in [-0.39, 0.29) is 5.91 Å². The Labute approximate surface area is 156 Å². The minimum absolute atomic E-state index is 0.0321. The van der Waals surface area contributed by atoms with E-state index in [1.54, 1.807) is 17.1 Å². The van der Waals surface area contributed by atoms with Crippen molar-refractivity contribution >= 4 is 39.8 Å². The summed E-state index contributed by atoms with van der Waals surface area (Å²) >= 11 is 2.83. The highest BCUT2D eigenvalue weighted by Crippen LogP contribution is 2.28. The van der Waals surface area contributed by atoms with Gasteiger partial charge in [-0.3, -0.25) is 4.79 Å². The molecule has 0 radical (unpaired) electrons. The third-order valence-corrected chi connectivity index (χ3v) is 5.35. The number of aromatic nitrogens is 2. The van der Waals surface area contributed by atoms with Crippen molar-refractivity contribution < 1.29 is 4.79 Å². The van der Waals surface area contributed by atoms with Gasteiger partial charge in [-0.1, -0.05) is 54.3 Å². The SMILES string of the molecule is C=CCN(CC=C)C(=O)CSc1nnc(Nc2ccc(CC)cc2)s1. The largest absolute Gasteiger partial charge is 0.335 e. The highest BCUT2D eigenvalue weighted by atomic mass is 32.2. The van der Waals surface area contributed by atoms with Gasteiger partial charge in [0.2, 0.25) is 11.0 Å². The molecule has 5 nitrogen and oxygen atoms in total. The standard InChI is InChI=1S/C18H22N4OS2/c1-4-11-22(12-5-2)16(23)13-24-18-21-20-17(25-18)19-15-9-7-14(6-3)8-10-15/h4-5,7-10H,1-2,6,11-13H2,3H3,(H,19,20). The molecule has 0 atom stereocenters. The Hall–Kier alpha value is -2.12. The molecule has 132 valence electrons. The van der Waals surface area contributed by atoms with Crippen LogP contribution in [0, 0.1) is 0 Å². The quantitative estimate of drug-likeness (QED) is 0.500. The van der Waals surface area contributed by atoms with E-state index in [0.29, 0.717) is 24.0 Å². The van der Waals surface area contributed by atoms with Crippen molar-refractivity contribution in [3.63, 3.8) is 0 Å². The summed E-state index contributed by atoms with van der Waals surface area (Å²) in [5, 5.41) is 12.2. The van der Waals surface area contributed by atoms with Crippen molar-refractivity contribution in [1.82, 2.24) is 15.1 Å². The predicted molar refractivity (Wildman–Crippen MR) is 107 cm³/mol. The van der Waals surface area contributed by atoms with Crippen molar-refractivity contribution in [3.8, 4) is 0 Å². The van der Waals surface area contributed by atoms with Gasteiger partial charge >= 0.3 is 0 Å². The van der Waals surface area contributed by atoms with Gasteiger partial charge < -0.3 is 10.2 Å². The summed E-state index contributed by atoms with van der Waals surface area (Å²) in [6, 6.07) is 8.23. The Balaban J connectivity index is 1.88. The molecule has 0 unspecified atom stereocenters. The molecule has 1 heterocycles. The zero-order valence-corrected chi connectivity index (χ0v) is 15.9. The monoisotopic (exact) mass is 374 g/mol. The third kappa shape index (κ3) is 6.03. The van der Waals surface area contributed by atoms with E-state index in [2.05, 4.69) is 47.7 Å². The maximum absolute atomic E-state index is 12.2. The summed E-state index contributed by atoms with van der Waals surface area (Å²) in [7, 11) is 0. The van der Waals surface area contributed by atoms with E-state index in [9.17, 15) is 4.79 Å². The maximum atomic E-state index is 12.2. The number of hydrogen-bond acceptors (Lipinski definition) is 6. The zero-order chi connectivity index (χ0) is 18.1. The van der Waals surface area contributed by atoms with Crippen LogP contribution in [-0.4, -0.2) is 39.8 Å². The smallest absolute Gasteiger partial charge is 0.233 e. The van der Waals surface area contributed by atoms with Gasteiger partial charge in [-0.05, 0) is 24.1 Å². The van der Waals surface area contributed by atoms with Crippen LogP contribution in [0.5, 0.6) is 0 Å². The zero-order valence-electron chi connectivity index (χ0n) is 14.3. The van der Waals surface area contributed by atoms with Crippen molar-refractivity contribution in [2.24, 2.45) is 0 Å². The third-order valence-electron chi connectivity index (χ3n) is 3.39. The first-order valence-corrected chi connectivity index (χ1v) is 9.78. The topological polar surface area (TPSA) is 58.1 Å². The highest BCUT2D eigenvalue weighted by Gasteiger charge is 2.13. The Bertz CT molecular complexity index is 702. The van der Waals surface area contributed by atoms with E-state index in [4.69, 9.17) is 0 Å². The molecule has 0 saturated heterocycles. The van der Waals surface area contributed by atoms with Crippen LogP contribution in [0.1, 0.15) is 12.5 Å². The van der Waals surface area contributed by atoms with Crippen LogP contribution in [0.15, 0.2) is 53.9 Å². The molecular formula is C18H22N4OS2. The lowest BCUT2D eigenvalue weighted by Crippen LogP contribution is -2.32. The summed E-state index contributed by atoms with van der Waals surface area (Å²) in [6.07, 6.45) is 4.44. The minimum Gasteiger partial charge on any atom is -0.335 e. The number of amides is 1. The first-order valence-electron chi connectivity index (χ1n) is 7.98. The lowest BCUT2D eigenvalue weighted by Gasteiger charge is -2.18. The first-order chi connectivity index (χ1) is 12.2. The second-order valence-electron chi connectivity index (χ2n) is 5.21. The molecule has 7 heteroatoms. The van der Waals surface area contributed by atoms with Gasteiger partial charge in [0, 0.05) is 18.8 Å². The Morgan fingerprint density at radius 3 is 2.52 bits per heavy atom. The van der Waals surface area contributed by atoms with Gasteiger partial charge in [0.25, 0.3) is 0 Å². The maximum Gasteiger partial charge on any atom is 0.233 e. The number of anilines is 2. The van der Waals surface area contributed by atoms with E-state index < -0.39 is 0 Å². The van der Waals surface area contributed by atoms with Gasteiger partial charge in [0.05, 0.1) is 5.75 Å². The van der Waals surface area contributed by atoms with Gasteiger partial charge in [0.1, 0.15) is 0 Å². The Morgan fingerprint density at radius 1 is 1.24 bits per heavy atom. The van der Waals surface area contributed by atoms with E-state index in [1.165, 1.54) is 28.7 Å². The number of carbonyl (C=O) groups is 1. The number of carbonyl (C=O) groups excluding carboxylic acids is 1. The molecule has 0 bridgehead atoms. The number of aryl methyl sites for hydroxylation is 1. The molecule has 0 fully saturated rings. The second kappa shape index (κ2) is 10.0. The van der Waals surface area contributed by atoms with Gasteiger partial charge in [0.15, 0.2) is 4.34 Å². The molecule has 1 aromatic carbocycles. The second-order valence-corrected chi connectivity index (χ2v) is 7.41. The molecule has 0 aliphatic heterocycles. The summed E-state index contributed by atoms with van der Waals surface area (Å²) in [4.78, 5) is 13.9. The van der Waals surface area contributed by atoms with Gasteiger partial charge in [-0.25, -0.2) is 0 Å². The normalized spacial score (nSPS) is 10.3. The highest BCUT2D eigenvalue weighted by molar-refractivity contribution is 8.01. The molecule has 0 aliphatic carbocycles. The number of rotatable bonds is 10. The number of nitrogens with one attached hydrogen (secondary N) is 1. The number of thioether (sulfide) groups is 1. The average Bonchev–Trinajstić information content (AvgIpc) is 3.07.